The van der Waals surface area contributed by atoms with E-state index < -0.39 is 0 Å². The molecule has 0 amide bonds. The van der Waals surface area contributed by atoms with Gasteiger partial charge in [0.1, 0.15) is 5.82 Å². The van der Waals surface area contributed by atoms with Crippen molar-refractivity contribution in [3.05, 3.63) is 17.6 Å². The molecule has 0 spiro atoms. The van der Waals surface area contributed by atoms with Crippen LogP contribution in [0.5, 0.6) is 0 Å². The van der Waals surface area contributed by atoms with Gasteiger partial charge in [-0.25, -0.2) is 4.98 Å². The molecule has 1 aromatic rings. The summed E-state index contributed by atoms with van der Waals surface area (Å²) >= 11 is 0. The highest BCUT2D eigenvalue weighted by Crippen LogP contribution is 2.29. The minimum atomic E-state index is -0.0345. The lowest BCUT2D eigenvalue weighted by molar-refractivity contribution is 0.105. The first-order valence-electron chi connectivity index (χ1n) is 5.71. The van der Waals surface area contributed by atoms with Crippen LogP contribution >= 0.6 is 0 Å². The van der Waals surface area contributed by atoms with E-state index in [1.54, 1.807) is 6.20 Å². The van der Waals surface area contributed by atoms with Gasteiger partial charge in [0.05, 0.1) is 23.0 Å². The SMILES string of the molecule is Cc1cnc(C)c(NC2(C)CCOC2C)n1. The van der Waals surface area contributed by atoms with E-state index in [2.05, 4.69) is 29.1 Å². The van der Waals surface area contributed by atoms with E-state index in [4.69, 9.17) is 4.74 Å². The molecular formula is C12H19N3O. The van der Waals surface area contributed by atoms with E-state index in [0.29, 0.717) is 0 Å². The van der Waals surface area contributed by atoms with Crippen LogP contribution in [0.2, 0.25) is 0 Å². The fourth-order valence-corrected chi connectivity index (χ4v) is 1.93. The van der Waals surface area contributed by atoms with Gasteiger partial charge in [0.25, 0.3) is 0 Å². The fourth-order valence-electron chi connectivity index (χ4n) is 1.93. The normalized spacial score (nSPS) is 29.4. The summed E-state index contributed by atoms with van der Waals surface area (Å²) in [5.41, 5.74) is 1.84. The highest BCUT2D eigenvalue weighted by Gasteiger charge is 2.37. The van der Waals surface area contributed by atoms with Crippen LogP contribution in [-0.4, -0.2) is 28.2 Å². The Morgan fingerprint density at radius 1 is 1.50 bits per heavy atom. The molecule has 0 aromatic carbocycles. The average Bonchev–Trinajstić information content (AvgIpc) is 2.53. The Morgan fingerprint density at radius 2 is 2.25 bits per heavy atom. The second-order valence-corrected chi connectivity index (χ2v) is 4.75. The zero-order valence-electron chi connectivity index (χ0n) is 10.4. The second kappa shape index (κ2) is 4.01. The van der Waals surface area contributed by atoms with Crippen LogP contribution in [0, 0.1) is 13.8 Å². The number of anilines is 1. The van der Waals surface area contributed by atoms with E-state index in [1.807, 2.05) is 13.8 Å². The van der Waals surface area contributed by atoms with Gasteiger partial charge in [-0.3, -0.25) is 4.98 Å². The maximum absolute atomic E-state index is 5.60. The Labute approximate surface area is 96.4 Å². The zero-order chi connectivity index (χ0) is 11.8. The zero-order valence-corrected chi connectivity index (χ0v) is 10.4. The molecule has 2 unspecified atom stereocenters. The molecule has 1 fully saturated rings. The van der Waals surface area contributed by atoms with Crippen LogP contribution in [0.4, 0.5) is 5.82 Å². The molecule has 4 nitrogen and oxygen atoms in total. The van der Waals surface area contributed by atoms with Crippen molar-refractivity contribution in [3.8, 4) is 0 Å². The van der Waals surface area contributed by atoms with Crippen molar-refractivity contribution in [2.45, 2.75) is 45.8 Å². The molecule has 0 saturated carbocycles. The largest absolute Gasteiger partial charge is 0.376 e. The van der Waals surface area contributed by atoms with Crippen LogP contribution in [0.15, 0.2) is 6.20 Å². The number of aromatic nitrogens is 2. The number of ether oxygens (including phenoxy) is 1. The lowest BCUT2D eigenvalue weighted by Gasteiger charge is -2.30. The molecule has 1 aromatic heterocycles. The Bertz CT molecular complexity index is 394. The van der Waals surface area contributed by atoms with Gasteiger partial charge >= 0.3 is 0 Å². The summed E-state index contributed by atoms with van der Waals surface area (Å²) in [5, 5.41) is 3.48. The van der Waals surface area contributed by atoms with E-state index >= 15 is 0 Å². The smallest absolute Gasteiger partial charge is 0.148 e. The van der Waals surface area contributed by atoms with Crippen molar-refractivity contribution < 1.29 is 4.74 Å². The minimum Gasteiger partial charge on any atom is -0.376 e. The van der Waals surface area contributed by atoms with Crippen LogP contribution in [0.25, 0.3) is 0 Å². The lowest BCUT2D eigenvalue weighted by Crippen LogP contribution is -2.41. The summed E-state index contributed by atoms with van der Waals surface area (Å²) in [6.07, 6.45) is 3.00. The number of rotatable bonds is 2. The summed E-state index contributed by atoms with van der Waals surface area (Å²) in [5.74, 6) is 0.875. The topological polar surface area (TPSA) is 47.0 Å². The first-order chi connectivity index (χ1) is 7.51. The second-order valence-electron chi connectivity index (χ2n) is 4.75. The lowest BCUT2D eigenvalue weighted by atomic mass is 9.94. The molecule has 1 saturated heterocycles. The van der Waals surface area contributed by atoms with Crippen molar-refractivity contribution in [3.63, 3.8) is 0 Å². The molecule has 0 aliphatic carbocycles. The quantitative estimate of drug-likeness (QED) is 0.830. The summed E-state index contributed by atoms with van der Waals surface area (Å²) in [6.45, 7) is 9.00. The molecule has 16 heavy (non-hydrogen) atoms. The molecule has 2 heterocycles. The molecular weight excluding hydrogens is 202 g/mol. The highest BCUT2D eigenvalue weighted by molar-refractivity contribution is 5.43. The van der Waals surface area contributed by atoms with E-state index in [-0.39, 0.29) is 11.6 Å². The van der Waals surface area contributed by atoms with E-state index in [1.165, 1.54) is 0 Å². The number of hydrogen-bond acceptors (Lipinski definition) is 4. The maximum atomic E-state index is 5.60. The van der Waals surface area contributed by atoms with Gasteiger partial charge in [-0.2, -0.15) is 0 Å². The third kappa shape index (κ3) is 2.02. The molecule has 0 bridgehead atoms. The summed E-state index contributed by atoms with van der Waals surface area (Å²) in [4.78, 5) is 8.80. The molecule has 2 rings (SSSR count). The van der Waals surface area contributed by atoms with Crippen LogP contribution < -0.4 is 5.32 Å². The third-order valence-electron chi connectivity index (χ3n) is 3.37. The molecule has 88 valence electrons. The van der Waals surface area contributed by atoms with Crippen molar-refractivity contribution in [2.75, 3.05) is 11.9 Å². The maximum Gasteiger partial charge on any atom is 0.148 e. The molecule has 1 aliphatic rings. The Balaban J connectivity index is 2.23. The monoisotopic (exact) mass is 221 g/mol. The summed E-state index contributed by atoms with van der Waals surface area (Å²) < 4.78 is 5.60. The van der Waals surface area contributed by atoms with Gasteiger partial charge in [-0.15, -0.1) is 0 Å². The molecule has 4 heteroatoms. The van der Waals surface area contributed by atoms with Crippen molar-refractivity contribution in [1.29, 1.82) is 0 Å². The molecule has 2 atom stereocenters. The first-order valence-corrected chi connectivity index (χ1v) is 5.71. The van der Waals surface area contributed by atoms with Gasteiger partial charge in [0, 0.05) is 12.8 Å². The van der Waals surface area contributed by atoms with Crippen LogP contribution in [0.3, 0.4) is 0 Å². The standard InChI is InChI=1S/C12H19N3O/c1-8-7-13-9(2)11(14-8)15-12(4)5-6-16-10(12)3/h7,10H,5-6H2,1-4H3,(H,14,15). The number of nitrogens with zero attached hydrogens (tertiary/aromatic N) is 2. The van der Waals surface area contributed by atoms with Gasteiger partial charge < -0.3 is 10.1 Å². The average molecular weight is 221 g/mol. The molecule has 0 radical (unpaired) electrons. The minimum absolute atomic E-state index is 0.0345. The van der Waals surface area contributed by atoms with Gasteiger partial charge in [-0.05, 0) is 34.1 Å². The predicted molar refractivity (Wildman–Crippen MR) is 63.6 cm³/mol. The number of aryl methyl sites for hydroxylation is 2. The Kier molecular flexibility index (Phi) is 2.84. The van der Waals surface area contributed by atoms with Crippen LogP contribution in [0.1, 0.15) is 31.7 Å². The van der Waals surface area contributed by atoms with Crippen LogP contribution in [-0.2, 0) is 4.74 Å². The van der Waals surface area contributed by atoms with E-state index in [9.17, 15) is 0 Å². The summed E-state index contributed by atoms with van der Waals surface area (Å²) in [6, 6.07) is 0. The van der Waals surface area contributed by atoms with Gasteiger partial charge in [-0.1, -0.05) is 0 Å². The number of nitrogens with one attached hydrogen (secondary N) is 1. The molecule has 1 N–H and O–H groups in total. The predicted octanol–water partition coefficient (Wildman–Crippen LogP) is 2.07. The fraction of sp³-hybridized carbons (Fsp3) is 0.667. The Hall–Kier alpha value is -1.16. The van der Waals surface area contributed by atoms with E-state index in [0.717, 1.165) is 30.2 Å². The summed E-state index contributed by atoms with van der Waals surface area (Å²) in [7, 11) is 0. The number of hydrogen-bond donors (Lipinski definition) is 1. The van der Waals surface area contributed by atoms with Crippen molar-refractivity contribution in [2.24, 2.45) is 0 Å². The van der Waals surface area contributed by atoms with Crippen molar-refractivity contribution >= 4 is 5.82 Å². The third-order valence-corrected chi connectivity index (χ3v) is 3.37. The Morgan fingerprint density at radius 3 is 2.88 bits per heavy atom. The van der Waals surface area contributed by atoms with Crippen molar-refractivity contribution in [1.82, 2.24) is 9.97 Å². The van der Waals surface area contributed by atoms with Gasteiger partial charge in [0.2, 0.25) is 0 Å². The first kappa shape index (κ1) is 11.3. The molecule has 1 aliphatic heterocycles. The highest BCUT2D eigenvalue weighted by atomic mass is 16.5. The van der Waals surface area contributed by atoms with Gasteiger partial charge in [0.15, 0.2) is 0 Å².